The number of nitrogens with zero attached hydrogens (tertiary/aromatic N) is 1. The molecule has 2 N–H and O–H groups in total. The Morgan fingerprint density at radius 2 is 1.88 bits per heavy atom. The minimum Gasteiger partial charge on any atom is -0.507 e. The highest BCUT2D eigenvalue weighted by Gasteiger charge is 2.19. The first-order valence-corrected chi connectivity index (χ1v) is 9.31. The van der Waals surface area contributed by atoms with Gasteiger partial charge in [-0.05, 0) is 30.5 Å². The number of carbonyl (C=O) groups is 1. The number of rotatable bonds is 4. The second-order valence-electron chi connectivity index (χ2n) is 6.47. The summed E-state index contributed by atoms with van der Waals surface area (Å²) in [4.78, 5) is 24.6. The van der Waals surface area contributed by atoms with E-state index in [-0.39, 0.29) is 28.8 Å². The van der Waals surface area contributed by atoms with Crippen LogP contribution in [0.15, 0.2) is 45.8 Å². The van der Waals surface area contributed by atoms with Crippen molar-refractivity contribution in [2.45, 2.75) is 44.7 Å². The molecular weight excluding hydrogens is 384 g/mol. The third kappa shape index (κ3) is 4.51. The van der Waals surface area contributed by atoms with Crippen LogP contribution in [-0.4, -0.2) is 21.6 Å². The van der Waals surface area contributed by atoms with Crippen LogP contribution in [0.4, 0.5) is 0 Å². The highest BCUT2D eigenvalue weighted by Crippen LogP contribution is 2.20. The lowest BCUT2D eigenvalue weighted by atomic mass is 9.95. The number of amides is 1. The molecule has 0 unspecified atom stereocenters. The summed E-state index contributed by atoms with van der Waals surface area (Å²) in [5, 5.41) is 13.0. The Morgan fingerprint density at radius 3 is 2.56 bits per heavy atom. The zero-order valence-corrected chi connectivity index (χ0v) is 15.5. The Bertz CT molecular complexity index is 808. The molecule has 6 heteroatoms. The molecule has 1 aromatic heterocycles. The summed E-state index contributed by atoms with van der Waals surface area (Å²) in [7, 11) is 0. The lowest BCUT2D eigenvalue weighted by molar-refractivity contribution is 0.0924. The Balaban J connectivity index is 1.80. The molecule has 1 aromatic carbocycles. The van der Waals surface area contributed by atoms with Gasteiger partial charge in [0.15, 0.2) is 0 Å². The molecule has 1 aliphatic carbocycles. The van der Waals surface area contributed by atoms with Crippen molar-refractivity contribution in [3.63, 3.8) is 0 Å². The van der Waals surface area contributed by atoms with Crippen molar-refractivity contribution in [2.75, 3.05) is 0 Å². The van der Waals surface area contributed by atoms with Crippen LogP contribution >= 0.6 is 15.9 Å². The van der Waals surface area contributed by atoms with Gasteiger partial charge in [0.05, 0.1) is 12.1 Å². The second kappa shape index (κ2) is 7.87. The predicted molar refractivity (Wildman–Crippen MR) is 100.0 cm³/mol. The van der Waals surface area contributed by atoms with E-state index in [0.29, 0.717) is 6.54 Å². The maximum atomic E-state index is 12.5. The van der Waals surface area contributed by atoms with Crippen molar-refractivity contribution in [2.24, 2.45) is 0 Å². The highest BCUT2D eigenvalue weighted by molar-refractivity contribution is 9.10. The zero-order chi connectivity index (χ0) is 17.8. The van der Waals surface area contributed by atoms with Crippen molar-refractivity contribution in [1.29, 1.82) is 0 Å². The van der Waals surface area contributed by atoms with Gasteiger partial charge in [-0.2, -0.15) is 0 Å². The molecule has 0 atom stereocenters. The van der Waals surface area contributed by atoms with E-state index in [4.69, 9.17) is 0 Å². The van der Waals surface area contributed by atoms with Crippen LogP contribution in [0.2, 0.25) is 0 Å². The number of aromatic nitrogens is 1. The van der Waals surface area contributed by atoms with E-state index in [1.165, 1.54) is 17.2 Å². The van der Waals surface area contributed by atoms with Gasteiger partial charge in [0.1, 0.15) is 5.75 Å². The molecule has 5 nitrogen and oxygen atoms in total. The van der Waals surface area contributed by atoms with Crippen LogP contribution in [0.5, 0.6) is 5.75 Å². The van der Waals surface area contributed by atoms with Gasteiger partial charge in [0.25, 0.3) is 11.5 Å². The van der Waals surface area contributed by atoms with Crippen molar-refractivity contribution in [1.82, 2.24) is 9.88 Å². The lowest BCUT2D eigenvalue weighted by Crippen LogP contribution is -2.36. The summed E-state index contributed by atoms with van der Waals surface area (Å²) in [5.41, 5.74) is 0.742. The largest absolute Gasteiger partial charge is 0.507 e. The third-order valence-electron chi connectivity index (χ3n) is 4.56. The molecule has 0 bridgehead atoms. The van der Waals surface area contributed by atoms with Crippen LogP contribution in [-0.2, 0) is 6.54 Å². The van der Waals surface area contributed by atoms with Gasteiger partial charge in [0, 0.05) is 22.8 Å². The number of benzene rings is 1. The SMILES string of the molecule is O=C(NC1CCCCC1)c1cn(Cc2ccc(Br)cc2)c(=O)cc1O. The van der Waals surface area contributed by atoms with E-state index >= 15 is 0 Å². The Morgan fingerprint density at radius 1 is 1.20 bits per heavy atom. The summed E-state index contributed by atoms with van der Waals surface area (Å²) in [6, 6.07) is 8.87. The average Bonchev–Trinajstić information content (AvgIpc) is 2.60. The van der Waals surface area contributed by atoms with E-state index in [1.54, 1.807) is 0 Å². The van der Waals surface area contributed by atoms with Crippen LogP contribution in [0.25, 0.3) is 0 Å². The van der Waals surface area contributed by atoms with Crippen molar-refractivity contribution in [3.05, 3.63) is 62.5 Å². The van der Waals surface area contributed by atoms with Gasteiger partial charge in [0.2, 0.25) is 0 Å². The first kappa shape index (κ1) is 17.7. The molecule has 3 rings (SSSR count). The van der Waals surface area contributed by atoms with E-state index in [1.807, 2.05) is 24.3 Å². The van der Waals surface area contributed by atoms with Crippen LogP contribution < -0.4 is 10.9 Å². The minimum atomic E-state index is -0.338. The third-order valence-corrected chi connectivity index (χ3v) is 5.08. The molecule has 0 aliphatic heterocycles. The van der Waals surface area contributed by atoms with E-state index < -0.39 is 0 Å². The van der Waals surface area contributed by atoms with E-state index in [9.17, 15) is 14.7 Å². The van der Waals surface area contributed by atoms with Gasteiger partial charge < -0.3 is 15.0 Å². The first-order valence-electron chi connectivity index (χ1n) is 8.51. The maximum Gasteiger partial charge on any atom is 0.256 e. The molecule has 0 radical (unpaired) electrons. The number of carbonyl (C=O) groups excluding carboxylic acids is 1. The Kier molecular flexibility index (Phi) is 5.58. The van der Waals surface area contributed by atoms with Crippen molar-refractivity contribution >= 4 is 21.8 Å². The fraction of sp³-hybridized carbons (Fsp3) is 0.368. The zero-order valence-electron chi connectivity index (χ0n) is 13.9. The number of pyridine rings is 1. The summed E-state index contributed by atoms with van der Waals surface area (Å²) in [6.45, 7) is 0.343. The molecule has 0 saturated heterocycles. The van der Waals surface area contributed by atoms with Gasteiger partial charge in [-0.15, -0.1) is 0 Å². The van der Waals surface area contributed by atoms with Gasteiger partial charge >= 0.3 is 0 Å². The van der Waals surface area contributed by atoms with E-state index in [2.05, 4.69) is 21.2 Å². The summed E-state index contributed by atoms with van der Waals surface area (Å²) in [6.07, 6.45) is 6.80. The topological polar surface area (TPSA) is 71.3 Å². The number of hydrogen-bond donors (Lipinski definition) is 2. The molecule has 2 aromatic rings. The van der Waals surface area contributed by atoms with Crippen molar-refractivity contribution in [3.8, 4) is 5.75 Å². The Hall–Kier alpha value is -2.08. The molecule has 25 heavy (non-hydrogen) atoms. The highest BCUT2D eigenvalue weighted by atomic mass is 79.9. The van der Waals surface area contributed by atoms with Crippen LogP contribution in [0, 0.1) is 0 Å². The Labute approximate surface area is 154 Å². The first-order chi connectivity index (χ1) is 12.0. The fourth-order valence-electron chi connectivity index (χ4n) is 3.16. The smallest absolute Gasteiger partial charge is 0.256 e. The molecule has 1 heterocycles. The number of halogens is 1. The molecule has 1 amide bonds. The summed E-state index contributed by atoms with van der Waals surface area (Å²) >= 11 is 3.38. The second-order valence-corrected chi connectivity index (χ2v) is 7.39. The van der Waals surface area contributed by atoms with Crippen molar-refractivity contribution < 1.29 is 9.90 Å². The predicted octanol–water partition coefficient (Wildman–Crippen LogP) is 3.43. The quantitative estimate of drug-likeness (QED) is 0.819. The number of aromatic hydroxyl groups is 1. The molecule has 1 saturated carbocycles. The maximum absolute atomic E-state index is 12.5. The summed E-state index contributed by atoms with van der Waals surface area (Å²) < 4.78 is 2.40. The molecule has 132 valence electrons. The van der Waals surface area contributed by atoms with Crippen LogP contribution in [0.1, 0.15) is 48.0 Å². The molecular formula is C19H21BrN2O3. The number of hydrogen-bond acceptors (Lipinski definition) is 3. The molecule has 0 spiro atoms. The van der Waals surface area contributed by atoms with Gasteiger partial charge in [-0.3, -0.25) is 9.59 Å². The molecule has 1 aliphatic rings. The fourth-order valence-corrected chi connectivity index (χ4v) is 3.42. The summed E-state index contributed by atoms with van der Waals surface area (Å²) in [5.74, 6) is -0.598. The van der Waals surface area contributed by atoms with Crippen LogP contribution in [0.3, 0.4) is 0 Å². The standard InChI is InChI=1S/C19H21BrN2O3/c20-14-8-6-13(7-9-14)11-22-12-16(17(23)10-18(22)24)19(25)21-15-4-2-1-3-5-15/h6-10,12,15,23H,1-5,11H2,(H,21,25). The van der Waals surface area contributed by atoms with Gasteiger partial charge in [-0.25, -0.2) is 0 Å². The minimum absolute atomic E-state index is 0.141. The average molecular weight is 405 g/mol. The molecule has 1 fully saturated rings. The van der Waals surface area contributed by atoms with Gasteiger partial charge in [-0.1, -0.05) is 47.3 Å². The number of nitrogens with one attached hydrogen (secondary N) is 1. The lowest BCUT2D eigenvalue weighted by Gasteiger charge is -2.23. The van der Waals surface area contributed by atoms with E-state index in [0.717, 1.165) is 41.8 Å². The normalized spacial score (nSPS) is 15.1. The monoisotopic (exact) mass is 404 g/mol.